The molecule has 0 spiro atoms. The predicted octanol–water partition coefficient (Wildman–Crippen LogP) is 1.99. The van der Waals surface area contributed by atoms with E-state index in [1.54, 1.807) is 0 Å². The van der Waals surface area contributed by atoms with Crippen LogP contribution in [0.5, 0.6) is 5.75 Å². The summed E-state index contributed by atoms with van der Waals surface area (Å²) < 4.78 is 11.4. The normalized spacial score (nSPS) is 17.7. The van der Waals surface area contributed by atoms with E-state index in [4.69, 9.17) is 15.2 Å². The van der Waals surface area contributed by atoms with Crippen LogP contribution >= 0.6 is 0 Å². The lowest BCUT2D eigenvalue weighted by molar-refractivity contribution is 0.0321. The van der Waals surface area contributed by atoms with Crippen molar-refractivity contribution < 1.29 is 9.47 Å². The summed E-state index contributed by atoms with van der Waals surface area (Å²) in [4.78, 5) is 2.39. The van der Waals surface area contributed by atoms with Crippen molar-refractivity contribution in [2.45, 2.75) is 32.7 Å². The minimum atomic E-state index is 0.202. The Balaban J connectivity index is 1.91. The SMILES string of the molecule is CCC(N)Cc1cccc(C)c1OCCN1CCOCC1. The molecule has 1 unspecified atom stereocenters. The van der Waals surface area contributed by atoms with Crippen LogP contribution in [-0.2, 0) is 11.2 Å². The van der Waals surface area contributed by atoms with E-state index in [2.05, 4.69) is 36.9 Å². The van der Waals surface area contributed by atoms with Gasteiger partial charge in [0.25, 0.3) is 0 Å². The van der Waals surface area contributed by atoms with E-state index >= 15 is 0 Å². The maximum absolute atomic E-state index is 6.09. The molecule has 4 nitrogen and oxygen atoms in total. The van der Waals surface area contributed by atoms with Crippen molar-refractivity contribution >= 4 is 0 Å². The molecule has 1 atom stereocenters. The van der Waals surface area contributed by atoms with Gasteiger partial charge in [-0.1, -0.05) is 25.1 Å². The molecule has 1 aliphatic rings. The molecule has 1 aliphatic heterocycles. The van der Waals surface area contributed by atoms with Gasteiger partial charge in [-0.25, -0.2) is 0 Å². The van der Waals surface area contributed by atoms with Crippen molar-refractivity contribution in [3.8, 4) is 5.75 Å². The molecule has 1 aromatic carbocycles. The lowest BCUT2D eigenvalue weighted by atomic mass is 10.0. The molecule has 0 radical (unpaired) electrons. The fraction of sp³-hybridized carbons (Fsp3) is 0.647. The second-order valence-electron chi connectivity index (χ2n) is 5.74. The molecule has 0 bridgehead atoms. The number of hydrogen-bond donors (Lipinski definition) is 1. The van der Waals surface area contributed by atoms with Crippen molar-refractivity contribution in [2.75, 3.05) is 39.5 Å². The molecule has 0 amide bonds. The standard InChI is InChI=1S/C17H28N2O2/c1-3-16(18)13-15-6-4-5-14(2)17(15)21-12-9-19-7-10-20-11-8-19/h4-6,16H,3,7-13,18H2,1-2H3. The highest BCUT2D eigenvalue weighted by molar-refractivity contribution is 5.41. The van der Waals surface area contributed by atoms with Gasteiger partial charge in [0.1, 0.15) is 12.4 Å². The van der Waals surface area contributed by atoms with Gasteiger partial charge in [0.15, 0.2) is 0 Å². The molecule has 0 saturated carbocycles. The fourth-order valence-electron chi connectivity index (χ4n) is 2.61. The van der Waals surface area contributed by atoms with Gasteiger partial charge < -0.3 is 15.2 Å². The van der Waals surface area contributed by atoms with Crippen LogP contribution in [0.1, 0.15) is 24.5 Å². The van der Waals surface area contributed by atoms with Gasteiger partial charge in [-0.15, -0.1) is 0 Å². The van der Waals surface area contributed by atoms with Crippen LogP contribution in [0.15, 0.2) is 18.2 Å². The third-order valence-corrected chi connectivity index (χ3v) is 4.06. The molecule has 2 rings (SSSR count). The molecule has 0 aliphatic carbocycles. The Morgan fingerprint density at radius 2 is 2.10 bits per heavy atom. The van der Waals surface area contributed by atoms with Gasteiger partial charge >= 0.3 is 0 Å². The van der Waals surface area contributed by atoms with Gasteiger partial charge in [-0.2, -0.15) is 0 Å². The lowest BCUT2D eigenvalue weighted by Gasteiger charge is -2.26. The van der Waals surface area contributed by atoms with Crippen LogP contribution < -0.4 is 10.5 Å². The van der Waals surface area contributed by atoms with Gasteiger partial charge in [0.05, 0.1) is 13.2 Å². The average Bonchev–Trinajstić information content (AvgIpc) is 2.51. The number of ether oxygens (including phenoxy) is 2. The first-order chi connectivity index (χ1) is 10.2. The highest BCUT2D eigenvalue weighted by atomic mass is 16.5. The van der Waals surface area contributed by atoms with Crippen molar-refractivity contribution in [1.29, 1.82) is 0 Å². The van der Waals surface area contributed by atoms with E-state index in [-0.39, 0.29) is 6.04 Å². The summed E-state index contributed by atoms with van der Waals surface area (Å²) in [6.07, 6.45) is 1.87. The summed E-state index contributed by atoms with van der Waals surface area (Å²) in [5, 5.41) is 0. The Labute approximate surface area is 128 Å². The highest BCUT2D eigenvalue weighted by Crippen LogP contribution is 2.25. The van der Waals surface area contributed by atoms with Crippen molar-refractivity contribution in [3.63, 3.8) is 0 Å². The zero-order valence-electron chi connectivity index (χ0n) is 13.3. The van der Waals surface area contributed by atoms with Crippen LogP contribution in [-0.4, -0.2) is 50.4 Å². The van der Waals surface area contributed by atoms with Gasteiger partial charge in [0.2, 0.25) is 0 Å². The molecular formula is C17H28N2O2. The molecule has 1 heterocycles. The molecule has 1 saturated heterocycles. The number of para-hydroxylation sites is 1. The Bertz CT molecular complexity index is 431. The minimum absolute atomic E-state index is 0.202. The molecular weight excluding hydrogens is 264 g/mol. The van der Waals surface area contributed by atoms with Crippen molar-refractivity contribution in [2.24, 2.45) is 5.73 Å². The largest absolute Gasteiger partial charge is 0.492 e. The minimum Gasteiger partial charge on any atom is -0.492 e. The molecule has 0 aromatic heterocycles. The second kappa shape index (κ2) is 8.37. The van der Waals surface area contributed by atoms with Crippen LogP contribution in [0.2, 0.25) is 0 Å². The van der Waals surface area contributed by atoms with E-state index in [1.807, 2.05) is 0 Å². The zero-order valence-corrected chi connectivity index (χ0v) is 13.3. The Hall–Kier alpha value is -1.10. The van der Waals surface area contributed by atoms with E-state index in [1.165, 1.54) is 11.1 Å². The van der Waals surface area contributed by atoms with Crippen molar-refractivity contribution in [3.05, 3.63) is 29.3 Å². The third-order valence-electron chi connectivity index (χ3n) is 4.06. The fourth-order valence-corrected chi connectivity index (χ4v) is 2.61. The zero-order chi connectivity index (χ0) is 15.1. The van der Waals surface area contributed by atoms with Gasteiger partial charge in [-0.05, 0) is 30.9 Å². The highest BCUT2D eigenvalue weighted by Gasteiger charge is 2.13. The van der Waals surface area contributed by atoms with E-state index in [9.17, 15) is 0 Å². The van der Waals surface area contributed by atoms with Crippen LogP contribution in [0.25, 0.3) is 0 Å². The van der Waals surface area contributed by atoms with Gasteiger partial charge in [-0.3, -0.25) is 4.90 Å². The van der Waals surface area contributed by atoms with Crippen LogP contribution in [0, 0.1) is 6.92 Å². The van der Waals surface area contributed by atoms with Crippen LogP contribution in [0.3, 0.4) is 0 Å². The average molecular weight is 292 g/mol. The predicted molar refractivity (Wildman–Crippen MR) is 85.9 cm³/mol. The summed E-state index contributed by atoms with van der Waals surface area (Å²) in [5.74, 6) is 1.02. The monoisotopic (exact) mass is 292 g/mol. The summed E-state index contributed by atoms with van der Waals surface area (Å²) in [5.41, 5.74) is 8.51. The number of hydrogen-bond acceptors (Lipinski definition) is 4. The van der Waals surface area contributed by atoms with Gasteiger partial charge in [0, 0.05) is 25.7 Å². The maximum atomic E-state index is 6.09. The summed E-state index contributed by atoms with van der Waals surface area (Å²) >= 11 is 0. The first kappa shape index (κ1) is 16.3. The third kappa shape index (κ3) is 4.99. The number of morpholine rings is 1. The number of benzene rings is 1. The summed E-state index contributed by atoms with van der Waals surface area (Å²) in [6.45, 7) is 9.58. The molecule has 118 valence electrons. The first-order valence-corrected chi connectivity index (χ1v) is 7.97. The summed E-state index contributed by atoms with van der Waals surface area (Å²) in [6, 6.07) is 6.52. The quantitative estimate of drug-likeness (QED) is 0.835. The van der Waals surface area contributed by atoms with E-state index in [0.29, 0.717) is 0 Å². The smallest absolute Gasteiger partial charge is 0.125 e. The number of rotatable bonds is 7. The topological polar surface area (TPSA) is 47.7 Å². The first-order valence-electron chi connectivity index (χ1n) is 7.97. The number of nitrogens with two attached hydrogens (primary N) is 1. The molecule has 21 heavy (non-hydrogen) atoms. The Morgan fingerprint density at radius 3 is 2.81 bits per heavy atom. The van der Waals surface area contributed by atoms with E-state index in [0.717, 1.165) is 58.0 Å². The Kier molecular flexibility index (Phi) is 6.49. The molecule has 4 heteroatoms. The van der Waals surface area contributed by atoms with E-state index < -0.39 is 0 Å². The molecule has 1 aromatic rings. The lowest BCUT2D eigenvalue weighted by Crippen LogP contribution is -2.38. The molecule has 1 fully saturated rings. The number of nitrogens with zero attached hydrogens (tertiary/aromatic N) is 1. The van der Waals surface area contributed by atoms with Crippen molar-refractivity contribution in [1.82, 2.24) is 4.90 Å². The molecule has 2 N–H and O–H groups in total. The maximum Gasteiger partial charge on any atom is 0.125 e. The Morgan fingerprint density at radius 1 is 1.33 bits per heavy atom. The summed E-state index contributed by atoms with van der Waals surface area (Å²) in [7, 11) is 0. The second-order valence-corrected chi connectivity index (χ2v) is 5.74. The number of aryl methyl sites for hydroxylation is 1. The van der Waals surface area contributed by atoms with Crippen LogP contribution in [0.4, 0.5) is 0 Å².